The number of carbonyl (C=O) groups excluding carboxylic acids is 1. The molecule has 2 rings (SSSR count). The molecule has 26 heavy (non-hydrogen) atoms. The van der Waals surface area contributed by atoms with E-state index >= 15 is 0 Å². The Labute approximate surface area is 149 Å². The molecule has 0 aliphatic heterocycles. The van der Waals surface area contributed by atoms with Crippen LogP contribution in [0.25, 0.3) is 6.08 Å². The van der Waals surface area contributed by atoms with E-state index < -0.39 is 17.9 Å². The van der Waals surface area contributed by atoms with Crippen molar-refractivity contribution < 1.29 is 29.3 Å². The van der Waals surface area contributed by atoms with Crippen molar-refractivity contribution in [2.24, 2.45) is 0 Å². The summed E-state index contributed by atoms with van der Waals surface area (Å²) < 4.78 is 4.68. The molecule has 0 saturated carbocycles. The highest BCUT2D eigenvalue weighted by Gasteiger charge is 2.02. The number of ether oxygens (including phenoxy) is 1. The van der Waals surface area contributed by atoms with Gasteiger partial charge in [0.15, 0.2) is 0 Å². The normalized spacial score (nSPS) is 9.92. The Morgan fingerprint density at radius 1 is 1.00 bits per heavy atom. The third-order valence-electron chi connectivity index (χ3n) is 2.87. The molecule has 2 N–H and O–H groups in total. The van der Waals surface area contributed by atoms with Crippen molar-refractivity contribution in [1.82, 2.24) is 9.97 Å². The van der Waals surface area contributed by atoms with Crippen LogP contribution in [0, 0.1) is 6.92 Å². The lowest BCUT2D eigenvalue weighted by Gasteiger charge is -1.96. The summed E-state index contributed by atoms with van der Waals surface area (Å²) in [5.41, 5.74) is 1.65. The minimum Gasteiger partial charge on any atom is -0.478 e. The van der Waals surface area contributed by atoms with Gasteiger partial charge in [0.05, 0.1) is 23.4 Å². The number of rotatable bonds is 5. The van der Waals surface area contributed by atoms with Crippen molar-refractivity contribution in [1.29, 1.82) is 0 Å². The van der Waals surface area contributed by atoms with Gasteiger partial charge in [0.1, 0.15) is 0 Å². The highest BCUT2D eigenvalue weighted by molar-refractivity contribution is 5.88. The second-order valence-electron chi connectivity index (χ2n) is 4.86. The standard InChI is InChI=1S/C11H11NO4.C7H7NO2/c1-2-16-10(13)6-5-9-4-3-8(7-12-9)11(14)15;1-5-2-3-6(4-8-5)7(9)10/h3-7H,2H2,1H3,(H,14,15);2-4H,1H3,(H,9,10). The zero-order valence-corrected chi connectivity index (χ0v) is 14.2. The molecule has 0 spiro atoms. The van der Waals surface area contributed by atoms with Gasteiger partial charge >= 0.3 is 17.9 Å². The molecule has 0 aliphatic rings. The van der Waals surface area contributed by atoms with Crippen LogP contribution in [0.3, 0.4) is 0 Å². The summed E-state index contributed by atoms with van der Waals surface area (Å²) in [6, 6.07) is 6.13. The Kier molecular flexibility index (Phi) is 8.15. The van der Waals surface area contributed by atoms with Crippen LogP contribution >= 0.6 is 0 Å². The van der Waals surface area contributed by atoms with E-state index in [9.17, 15) is 14.4 Å². The molecule has 8 nitrogen and oxygen atoms in total. The molecule has 0 fully saturated rings. The summed E-state index contributed by atoms with van der Waals surface area (Å²) in [4.78, 5) is 39.4. The molecular formula is C18H18N2O6. The predicted octanol–water partition coefficient (Wildman–Crippen LogP) is 2.44. The highest BCUT2D eigenvalue weighted by Crippen LogP contribution is 2.02. The summed E-state index contributed by atoms with van der Waals surface area (Å²) >= 11 is 0. The lowest BCUT2D eigenvalue weighted by Crippen LogP contribution is -1.99. The van der Waals surface area contributed by atoms with Crippen LogP contribution in [0.1, 0.15) is 39.0 Å². The van der Waals surface area contributed by atoms with Crippen molar-refractivity contribution in [3.63, 3.8) is 0 Å². The highest BCUT2D eigenvalue weighted by atomic mass is 16.5. The number of hydrogen-bond donors (Lipinski definition) is 2. The van der Waals surface area contributed by atoms with Crippen LogP contribution in [-0.4, -0.2) is 44.7 Å². The van der Waals surface area contributed by atoms with E-state index in [1.54, 1.807) is 13.0 Å². The molecule has 0 saturated heterocycles. The average molecular weight is 358 g/mol. The minimum absolute atomic E-state index is 0.105. The number of nitrogens with zero attached hydrogens (tertiary/aromatic N) is 2. The molecule has 0 aromatic carbocycles. The van der Waals surface area contributed by atoms with Gasteiger partial charge in [-0.25, -0.2) is 14.4 Å². The van der Waals surface area contributed by atoms with Gasteiger partial charge in [-0.15, -0.1) is 0 Å². The molecule has 2 aromatic heterocycles. The van der Waals surface area contributed by atoms with Crippen LogP contribution in [0.15, 0.2) is 42.7 Å². The van der Waals surface area contributed by atoms with Crippen LogP contribution in [0.4, 0.5) is 0 Å². The number of esters is 1. The molecule has 8 heteroatoms. The van der Waals surface area contributed by atoms with Gasteiger partial charge in [-0.2, -0.15) is 0 Å². The van der Waals surface area contributed by atoms with E-state index in [1.807, 2.05) is 6.92 Å². The van der Waals surface area contributed by atoms with Gasteiger partial charge in [0.2, 0.25) is 0 Å². The monoisotopic (exact) mass is 358 g/mol. The summed E-state index contributed by atoms with van der Waals surface area (Å²) in [5, 5.41) is 17.1. The number of carbonyl (C=O) groups is 3. The zero-order valence-electron chi connectivity index (χ0n) is 14.2. The van der Waals surface area contributed by atoms with Crippen LogP contribution < -0.4 is 0 Å². The predicted molar refractivity (Wildman–Crippen MR) is 92.8 cm³/mol. The number of pyridine rings is 2. The van der Waals surface area contributed by atoms with Crippen molar-refractivity contribution in [2.75, 3.05) is 6.61 Å². The Bertz CT molecular complexity index is 782. The van der Waals surface area contributed by atoms with E-state index in [1.165, 1.54) is 42.7 Å². The third-order valence-corrected chi connectivity index (χ3v) is 2.87. The van der Waals surface area contributed by atoms with Crippen molar-refractivity contribution >= 4 is 24.0 Å². The first-order chi connectivity index (χ1) is 12.3. The first-order valence-corrected chi connectivity index (χ1v) is 7.53. The smallest absolute Gasteiger partial charge is 0.337 e. The van der Waals surface area contributed by atoms with Gasteiger partial charge in [-0.05, 0) is 44.2 Å². The lowest BCUT2D eigenvalue weighted by atomic mass is 10.2. The van der Waals surface area contributed by atoms with E-state index in [2.05, 4.69) is 14.7 Å². The van der Waals surface area contributed by atoms with Gasteiger partial charge in [-0.3, -0.25) is 9.97 Å². The van der Waals surface area contributed by atoms with Crippen LogP contribution in [-0.2, 0) is 9.53 Å². The molecule has 0 amide bonds. The molecule has 0 atom stereocenters. The topological polar surface area (TPSA) is 127 Å². The van der Waals surface area contributed by atoms with E-state index in [0.29, 0.717) is 12.3 Å². The van der Waals surface area contributed by atoms with Crippen molar-refractivity contribution in [3.05, 3.63) is 65.2 Å². The Morgan fingerprint density at radius 3 is 2.00 bits per heavy atom. The number of hydrogen-bond acceptors (Lipinski definition) is 6. The first-order valence-electron chi connectivity index (χ1n) is 7.53. The molecule has 0 radical (unpaired) electrons. The fraction of sp³-hybridized carbons (Fsp3) is 0.167. The molecular weight excluding hydrogens is 340 g/mol. The van der Waals surface area contributed by atoms with Crippen molar-refractivity contribution in [3.8, 4) is 0 Å². The largest absolute Gasteiger partial charge is 0.478 e. The number of aryl methyl sites for hydroxylation is 1. The maximum absolute atomic E-state index is 11.0. The third kappa shape index (κ3) is 7.35. The molecule has 136 valence electrons. The SMILES string of the molecule is CCOC(=O)C=Cc1ccc(C(=O)O)cn1.Cc1ccc(C(=O)O)cn1. The number of carboxylic acid groups (broad SMARTS) is 2. The fourth-order valence-corrected chi connectivity index (χ4v) is 1.57. The van der Waals surface area contributed by atoms with Gasteiger partial charge in [-0.1, -0.05) is 0 Å². The second kappa shape index (κ2) is 10.3. The van der Waals surface area contributed by atoms with Gasteiger partial charge in [0, 0.05) is 24.2 Å². The molecule has 2 aromatic rings. The van der Waals surface area contributed by atoms with Crippen molar-refractivity contribution in [2.45, 2.75) is 13.8 Å². The van der Waals surface area contributed by atoms with E-state index in [4.69, 9.17) is 10.2 Å². The lowest BCUT2D eigenvalue weighted by molar-refractivity contribution is -0.137. The number of aromatic carboxylic acids is 2. The van der Waals surface area contributed by atoms with Crippen LogP contribution in [0.5, 0.6) is 0 Å². The molecule has 0 bridgehead atoms. The summed E-state index contributed by atoms with van der Waals surface area (Å²) in [7, 11) is 0. The second-order valence-corrected chi connectivity index (χ2v) is 4.86. The molecule has 2 heterocycles. The zero-order chi connectivity index (χ0) is 19.5. The Balaban J connectivity index is 0.000000289. The Morgan fingerprint density at radius 2 is 1.58 bits per heavy atom. The van der Waals surface area contributed by atoms with E-state index in [0.717, 1.165) is 5.69 Å². The van der Waals surface area contributed by atoms with Gasteiger partial charge in [0.25, 0.3) is 0 Å². The number of carboxylic acids is 2. The Hall–Kier alpha value is -3.55. The maximum Gasteiger partial charge on any atom is 0.337 e. The fourth-order valence-electron chi connectivity index (χ4n) is 1.57. The first kappa shape index (κ1) is 20.5. The average Bonchev–Trinajstić information content (AvgIpc) is 2.61. The van der Waals surface area contributed by atoms with E-state index in [-0.39, 0.29) is 11.1 Å². The molecule has 0 unspecified atom stereocenters. The quantitative estimate of drug-likeness (QED) is 0.616. The van der Waals surface area contributed by atoms with Crippen LogP contribution in [0.2, 0.25) is 0 Å². The van der Waals surface area contributed by atoms with Gasteiger partial charge < -0.3 is 14.9 Å². The molecule has 0 aliphatic carbocycles. The summed E-state index contributed by atoms with van der Waals surface area (Å²) in [6.07, 6.45) is 5.28. The summed E-state index contributed by atoms with van der Waals surface area (Å²) in [5.74, 6) is -2.42. The summed E-state index contributed by atoms with van der Waals surface area (Å²) in [6.45, 7) is 3.84. The number of aromatic nitrogens is 2. The minimum atomic E-state index is -1.03. The maximum atomic E-state index is 11.0.